The second-order valence-corrected chi connectivity index (χ2v) is 6.57. The highest BCUT2D eigenvalue weighted by Crippen LogP contribution is 2.21. The van der Waals surface area contributed by atoms with Crippen LogP contribution < -0.4 is 5.32 Å². The molecule has 1 N–H and O–H groups in total. The van der Waals surface area contributed by atoms with Crippen molar-refractivity contribution in [1.29, 1.82) is 0 Å². The number of anilines is 1. The highest BCUT2D eigenvalue weighted by atomic mass is 19.1. The minimum Gasteiger partial charge on any atom is -0.444 e. The zero-order chi connectivity index (χ0) is 16.2. The van der Waals surface area contributed by atoms with Gasteiger partial charge in [0.05, 0.1) is 17.9 Å². The lowest BCUT2D eigenvalue weighted by Gasteiger charge is -2.37. The number of rotatable bonds is 3. The maximum atomic E-state index is 12.8. The molecule has 6 heteroatoms. The van der Waals surface area contributed by atoms with Crippen molar-refractivity contribution in [1.82, 2.24) is 9.88 Å². The van der Waals surface area contributed by atoms with Crippen molar-refractivity contribution in [2.75, 3.05) is 18.4 Å². The molecule has 1 saturated heterocycles. The average molecular weight is 309 g/mol. The number of carbonyl (C=O) groups is 1. The average Bonchev–Trinajstić information content (AvgIpc) is 2.45. The minimum absolute atomic E-state index is 0.0775. The van der Waals surface area contributed by atoms with E-state index < -0.39 is 11.5 Å². The van der Waals surface area contributed by atoms with Crippen LogP contribution in [0, 0.1) is 5.95 Å². The molecule has 122 valence electrons. The third-order valence-corrected chi connectivity index (χ3v) is 3.52. The van der Waals surface area contributed by atoms with E-state index in [4.69, 9.17) is 4.74 Å². The van der Waals surface area contributed by atoms with Crippen molar-refractivity contribution >= 4 is 11.8 Å². The van der Waals surface area contributed by atoms with Crippen LogP contribution >= 0.6 is 0 Å². The van der Waals surface area contributed by atoms with E-state index >= 15 is 0 Å². The Morgan fingerprint density at radius 3 is 2.86 bits per heavy atom. The van der Waals surface area contributed by atoms with Gasteiger partial charge >= 0.3 is 6.09 Å². The van der Waals surface area contributed by atoms with Crippen LogP contribution in [0.2, 0.25) is 0 Å². The number of hydrogen-bond acceptors (Lipinski definition) is 4. The summed E-state index contributed by atoms with van der Waals surface area (Å²) in [6.07, 6.45) is 4.20. The summed E-state index contributed by atoms with van der Waals surface area (Å²) in [6.45, 7) is 6.92. The molecule has 0 aliphatic carbocycles. The minimum atomic E-state index is -0.501. The molecule has 1 atom stereocenters. The van der Waals surface area contributed by atoms with E-state index in [1.165, 1.54) is 12.3 Å². The molecule has 0 bridgehead atoms. The molecular formula is C16H24FN3O2. The van der Waals surface area contributed by atoms with Gasteiger partial charge in [0.2, 0.25) is 5.95 Å². The van der Waals surface area contributed by atoms with Gasteiger partial charge in [0.1, 0.15) is 5.60 Å². The molecule has 1 amide bonds. The zero-order valence-electron chi connectivity index (χ0n) is 13.4. The lowest BCUT2D eigenvalue weighted by molar-refractivity contribution is 0.0114. The highest BCUT2D eigenvalue weighted by molar-refractivity contribution is 5.68. The Morgan fingerprint density at radius 2 is 2.23 bits per heavy atom. The Bertz CT molecular complexity index is 499. The van der Waals surface area contributed by atoms with E-state index in [2.05, 4.69) is 10.3 Å². The van der Waals surface area contributed by atoms with E-state index in [1.807, 2.05) is 20.8 Å². The molecule has 1 fully saturated rings. The largest absolute Gasteiger partial charge is 0.444 e. The Morgan fingerprint density at radius 1 is 1.45 bits per heavy atom. The Kier molecular flexibility index (Phi) is 5.21. The molecule has 1 aliphatic rings. The molecule has 0 spiro atoms. The van der Waals surface area contributed by atoms with Gasteiger partial charge in [0, 0.05) is 13.1 Å². The van der Waals surface area contributed by atoms with Gasteiger partial charge in [-0.25, -0.2) is 9.78 Å². The Hall–Kier alpha value is -1.85. The molecule has 0 radical (unpaired) electrons. The topological polar surface area (TPSA) is 54.5 Å². The SMILES string of the molecule is CC(C)(C)OC(=O)N1CCCCC1CNc1ccc(F)nc1. The van der Waals surface area contributed by atoms with Crippen molar-refractivity contribution < 1.29 is 13.9 Å². The first kappa shape index (κ1) is 16.5. The number of piperidine rings is 1. The lowest BCUT2D eigenvalue weighted by atomic mass is 10.0. The number of nitrogens with zero attached hydrogens (tertiary/aromatic N) is 2. The quantitative estimate of drug-likeness (QED) is 0.869. The molecule has 5 nitrogen and oxygen atoms in total. The summed E-state index contributed by atoms with van der Waals surface area (Å²) in [7, 11) is 0. The second kappa shape index (κ2) is 6.94. The fraction of sp³-hybridized carbons (Fsp3) is 0.625. The molecule has 2 rings (SSSR count). The first-order chi connectivity index (χ1) is 10.3. The van der Waals surface area contributed by atoms with Gasteiger partial charge < -0.3 is 15.0 Å². The normalized spacial score (nSPS) is 18.9. The number of likely N-dealkylation sites (tertiary alicyclic amines) is 1. The second-order valence-electron chi connectivity index (χ2n) is 6.57. The van der Waals surface area contributed by atoms with Crippen LogP contribution in [-0.2, 0) is 4.74 Å². The van der Waals surface area contributed by atoms with Crippen molar-refractivity contribution in [2.45, 2.75) is 51.7 Å². The van der Waals surface area contributed by atoms with E-state index in [-0.39, 0.29) is 12.1 Å². The molecule has 22 heavy (non-hydrogen) atoms. The number of nitrogens with one attached hydrogen (secondary N) is 1. The fourth-order valence-electron chi connectivity index (χ4n) is 2.49. The summed E-state index contributed by atoms with van der Waals surface area (Å²) in [5.74, 6) is -0.501. The fourth-order valence-corrected chi connectivity index (χ4v) is 2.49. The number of pyridine rings is 1. The van der Waals surface area contributed by atoms with E-state index in [1.54, 1.807) is 11.0 Å². The summed E-state index contributed by atoms with van der Waals surface area (Å²) < 4.78 is 18.3. The molecule has 1 aromatic rings. The van der Waals surface area contributed by atoms with Crippen molar-refractivity contribution in [2.24, 2.45) is 0 Å². The Labute approximate surface area is 130 Å². The predicted molar refractivity (Wildman–Crippen MR) is 83.3 cm³/mol. The van der Waals surface area contributed by atoms with Gasteiger partial charge in [-0.3, -0.25) is 0 Å². The van der Waals surface area contributed by atoms with Crippen molar-refractivity contribution in [3.63, 3.8) is 0 Å². The summed E-state index contributed by atoms with van der Waals surface area (Å²) in [5, 5.41) is 3.21. The Balaban J connectivity index is 1.94. The van der Waals surface area contributed by atoms with E-state index in [0.717, 1.165) is 24.9 Å². The summed E-state index contributed by atoms with van der Waals surface area (Å²) in [6, 6.07) is 3.03. The van der Waals surface area contributed by atoms with Gasteiger partial charge in [0.15, 0.2) is 0 Å². The number of amides is 1. The third-order valence-electron chi connectivity index (χ3n) is 3.52. The zero-order valence-corrected chi connectivity index (χ0v) is 13.4. The predicted octanol–water partition coefficient (Wildman–Crippen LogP) is 3.42. The first-order valence-corrected chi connectivity index (χ1v) is 7.70. The summed E-state index contributed by atoms with van der Waals surface area (Å²) in [5.41, 5.74) is 0.254. The van der Waals surface area contributed by atoms with Crippen LogP contribution in [-0.4, -0.2) is 40.7 Å². The number of ether oxygens (including phenoxy) is 1. The molecular weight excluding hydrogens is 285 g/mol. The number of halogens is 1. The van der Waals surface area contributed by atoms with Crippen molar-refractivity contribution in [3.8, 4) is 0 Å². The molecule has 0 aromatic carbocycles. The monoisotopic (exact) mass is 309 g/mol. The van der Waals surface area contributed by atoms with E-state index in [0.29, 0.717) is 13.1 Å². The standard InChI is InChI=1S/C16H24FN3O2/c1-16(2,3)22-15(21)20-9-5-4-6-13(20)11-18-12-7-8-14(17)19-10-12/h7-8,10,13,18H,4-6,9,11H2,1-3H3. The number of carbonyl (C=O) groups excluding carboxylic acids is 1. The molecule has 1 unspecified atom stereocenters. The maximum absolute atomic E-state index is 12.8. The maximum Gasteiger partial charge on any atom is 0.410 e. The van der Waals surface area contributed by atoms with Crippen molar-refractivity contribution in [3.05, 3.63) is 24.3 Å². The molecule has 1 aromatic heterocycles. The number of hydrogen-bond donors (Lipinski definition) is 1. The van der Waals surface area contributed by atoms with Crippen LogP contribution in [0.5, 0.6) is 0 Å². The number of aromatic nitrogens is 1. The lowest BCUT2D eigenvalue weighted by Crippen LogP contribution is -2.48. The smallest absolute Gasteiger partial charge is 0.410 e. The van der Waals surface area contributed by atoms with Gasteiger partial charge in [-0.1, -0.05) is 0 Å². The summed E-state index contributed by atoms with van der Waals surface area (Å²) >= 11 is 0. The van der Waals surface area contributed by atoms with Gasteiger partial charge in [-0.15, -0.1) is 0 Å². The van der Waals surface area contributed by atoms with Gasteiger partial charge in [0.25, 0.3) is 0 Å². The highest BCUT2D eigenvalue weighted by Gasteiger charge is 2.30. The van der Waals surface area contributed by atoms with Gasteiger partial charge in [-0.05, 0) is 52.2 Å². The first-order valence-electron chi connectivity index (χ1n) is 7.70. The summed E-state index contributed by atoms with van der Waals surface area (Å²) in [4.78, 5) is 17.7. The van der Waals surface area contributed by atoms with E-state index in [9.17, 15) is 9.18 Å². The third kappa shape index (κ3) is 4.86. The van der Waals surface area contributed by atoms with Crippen LogP contribution in [0.25, 0.3) is 0 Å². The molecule has 2 heterocycles. The molecule has 0 saturated carbocycles. The molecule has 1 aliphatic heterocycles. The van der Waals surface area contributed by atoms with Crippen LogP contribution in [0.4, 0.5) is 14.9 Å². The van der Waals surface area contributed by atoms with Crippen LogP contribution in [0.15, 0.2) is 18.3 Å². The van der Waals surface area contributed by atoms with Crippen LogP contribution in [0.1, 0.15) is 40.0 Å². The van der Waals surface area contributed by atoms with Gasteiger partial charge in [-0.2, -0.15) is 4.39 Å². The van der Waals surface area contributed by atoms with Crippen LogP contribution in [0.3, 0.4) is 0 Å².